The van der Waals surface area contributed by atoms with Crippen LogP contribution in [0.5, 0.6) is 0 Å². The van der Waals surface area contributed by atoms with Crippen molar-refractivity contribution in [2.75, 3.05) is 18.1 Å². The number of benzene rings is 1. The summed E-state index contributed by atoms with van der Waals surface area (Å²) in [5, 5.41) is 5.21. The molecule has 7 heteroatoms. The zero-order valence-electron chi connectivity index (χ0n) is 13.2. The van der Waals surface area contributed by atoms with Crippen LogP contribution < -0.4 is 10.6 Å². The molecule has 0 aliphatic carbocycles. The monoisotopic (exact) mass is 338 g/mol. The van der Waals surface area contributed by atoms with Gasteiger partial charge in [0.25, 0.3) is 0 Å². The van der Waals surface area contributed by atoms with E-state index < -0.39 is 9.84 Å². The molecule has 1 heterocycles. The van der Waals surface area contributed by atoms with Crippen molar-refractivity contribution in [2.24, 2.45) is 0 Å². The predicted molar refractivity (Wildman–Crippen MR) is 87.7 cm³/mol. The Morgan fingerprint density at radius 2 is 1.96 bits per heavy atom. The number of hydrogen-bond acceptors (Lipinski definition) is 4. The molecule has 1 aromatic rings. The zero-order chi connectivity index (χ0) is 16.9. The number of hydrogen-bond donors (Lipinski definition) is 2. The van der Waals surface area contributed by atoms with Crippen LogP contribution in [0.15, 0.2) is 24.3 Å². The molecule has 2 rings (SSSR count). The van der Waals surface area contributed by atoms with Gasteiger partial charge in [0.05, 0.1) is 18.1 Å². The quantitative estimate of drug-likeness (QED) is 0.783. The number of amides is 2. The maximum absolute atomic E-state index is 11.8. The fourth-order valence-corrected chi connectivity index (χ4v) is 4.27. The maximum Gasteiger partial charge on any atom is 0.239 e. The third-order valence-electron chi connectivity index (χ3n) is 3.93. The van der Waals surface area contributed by atoms with Gasteiger partial charge in [-0.25, -0.2) is 8.42 Å². The van der Waals surface area contributed by atoms with Gasteiger partial charge in [0.1, 0.15) is 0 Å². The lowest BCUT2D eigenvalue weighted by Crippen LogP contribution is -2.42. The molecule has 126 valence electrons. The Hall–Kier alpha value is -1.89. The van der Waals surface area contributed by atoms with Gasteiger partial charge in [0.2, 0.25) is 11.8 Å². The van der Waals surface area contributed by atoms with E-state index in [0.717, 1.165) is 11.1 Å². The first-order valence-corrected chi connectivity index (χ1v) is 9.49. The molecule has 2 N–H and O–H groups in total. The summed E-state index contributed by atoms with van der Waals surface area (Å²) in [5.74, 6) is -0.445. The smallest absolute Gasteiger partial charge is 0.239 e. The summed E-state index contributed by atoms with van der Waals surface area (Å²) in [6.45, 7) is 1.87. The van der Waals surface area contributed by atoms with Crippen molar-refractivity contribution in [3.63, 3.8) is 0 Å². The minimum absolute atomic E-state index is 0.0139. The highest BCUT2D eigenvalue weighted by atomic mass is 32.2. The fraction of sp³-hybridized carbons (Fsp3) is 0.500. The van der Waals surface area contributed by atoms with E-state index in [1.807, 2.05) is 31.2 Å². The maximum atomic E-state index is 11.8. The Balaban J connectivity index is 1.68. The van der Waals surface area contributed by atoms with Crippen LogP contribution in [0, 0.1) is 6.92 Å². The third-order valence-corrected chi connectivity index (χ3v) is 5.69. The first kappa shape index (κ1) is 17.5. The van der Waals surface area contributed by atoms with E-state index in [1.54, 1.807) is 0 Å². The Morgan fingerprint density at radius 3 is 2.61 bits per heavy atom. The Kier molecular flexibility index (Phi) is 5.76. The largest absolute Gasteiger partial charge is 0.351 e. The molecule has 6 nitrogen and oxygen atoms in total. The second-order valence-electron chi connectivity index (χ2n) is 5.87. The lowest BCUT2D eigenvalue weighted by atomic mass is 10.0. The lowest BCUT2D eigenvalue weighted by molar-refractivity contribution is -0.126. The SMILES string of the molecule is Cc1ccccc1CCC(=O)NCC(=O)NC1CCS(=O)(=O)C1. The first-order chi connectivity index (χ1) is 10.9. The summed E-state index contributed by atoms with van der Waals surface area (Å²) >= 11 is 0. The van der Waals surface area contributed by atoms with E-state index in [-0.39, 0.29) is 35.9 Å². The summed E-state index contributed by atoms with van der Waals surface area (Å²) < 4.78 is 22.6. The van der Waals surface area contributed by atoms with Crippen LogP contribution in [0.1, 0.15) is 24.0 Å². The summed E-state index contributed by atoms with van der Waals surface area (Å²) in [4.78, 5) is 23.5. The Morgan fingerprint density at radius 1 is 1.22 bits per heavy atom. The number of sulfone groups is 1. The van der Waals surface area contributed by atoms with Crippen LogP contribution >= 0.6 is 0 Å². The third kappa shape index (κ3) is 5.67. The number of nitrogens with one attached hydrogen (secondary N) is 2. The van der Waals surface area contributed by atoms with Gasteiger partial charge in [-0.15, -0.1) is 0 Å². The minimum atomic E-state index is -3.02. The van der Waals surface area contributed by atoms with Crippen LogP contribution in [0.3, 0.4) is 0 Å². The summed E-state index contributed by atoms with van der Waals surface area (Å²) in [5.41, 5.74) is 2.25. The molecular formula is C16H22N2O4S. The molecule has 1 aliphatic heterocycles. The average Bonchev–Trinajstić information content (AvgIpc) is 2.83. The van der Waals surface area contributed by atoms with Crippen molar-refractivity contribution in [1.82, 2.24) is 10.6 Å². The molecule has 0 bridgehead atoms. The molecule has 1 unspecified atom stereocenters. The first-order valence-electron chi connectivity index (χ1n) is 7.67. The van der Waals surface area contributed by atoms with Gasteiger partial charge >= 0.3 is 0 Å². The van der Waals surface area contributed by atoms with Crippen molar-refractivity contribution in [3.8, 4) is 0 Å². The Bertz CT molecular complexity index is 685. The summed E-state index contributed by atoms with van der Waals surface area (Å²) in [6.07, 6.45) is 1.38. The van der Waals surface area contributed by atoms with Crippen molar-refractivity contribution in [2.45, 2.75) is 32.2 Å². The molecular weight excluding hydrogens is 316 g/mol. The highest BCUT2D eigenvalue weighted by molar-refractivity contribution is 7.91. The van der Waals surface area contributed by atoms with Gasteiger partial charge < -0.3 is 10.6 Å². The van der Waals surface area contributed by atoms with E-state index in [2.05, 4.69) is 10.6 Å². The molecule has 23 heavy (non-hydrogen) atoms. The van der Waals surface area contributed by atoms with Gasteiger partial charge in [0, 0.05) is 12.5 Å². The van der Waals surface area contributed by atoms with Crippen LogP contribution in [-0.2, 0) is 25.8 Å². The van der Waals surface area contributed by atoms with E-state index in [4.69, 9.17) is 0 Å². The molecule has 0 radical (unpaired) electrons. The summed E-state index contributed by atoms with van der Waals surface area (Å²) in [7, 11) is -3.02. The van der Waals surface area contributed by atoms with E-state index in [9.17, 15) is 18.0 Å². The van der Waals surface area contributed by atoms with Gasteiger partial charge in [-0.2, -0.15) is 0 Å². The van der Waals surface area contributed by atoms with E-state index >= 15 is 0 Å². The highest BCUT2D eigenvalue weighted by Gasteiger charge is 2.28. The molecule has 1 fully saturated rings. The van der Waals surface area contributed by atoms with E-state index in [0.29, 0.717) is 19.3 Å². The average molecular weight is 338 g/mol. The van der Waals surface area contributed by atoms with Gasteiger partial charge in [-0.1, -0.05) is 24.3 Å². The molecule has 1 atom stereocenters. The number of rotatable bonds is 6. The molecule has 0 saturated carbocycles. The second-order valence-corrected chi connectivity index (χ2v) is 8.10. The number of carbonyl (C=O) groups excluding carboxylic acids is 2. The molecule has 1 aromatic carbocycles. The Labute approximate surface area is 136 Å². The fourth-order valence-electron chi connectivity index (χ4n) is 2.59. The second kappa shape index (κ2) is 7.59. The van der Waals surface area contributed by atoms with Crippen molar-refractivity contribution in [3.05, 3.63) is 35.4 Å². The van der Waals surface area contributed by atoms with Crippen LogP contribution in [-0.4, -0.2) is 44.3 Å². The van der Waals surface area contributed by atoms with Gasteiger partial charge in [-0.05, 0) is 30.9 Å². The van der Waals surface area contributed by atoms with Crippen molar-refractivity contribution < 1.29 is 18.0 Å². The van der Waals surface area contributed by atoms with E-state index in [1.165, 1.54) is 0 Å². The number of aryl methyl sites for hydroxylation is 2. The minimum Gasteiger partial charge on any atom is -0.351 e. The standard InChI is InChI=1S/C16H22N2O4S/c1-12-4-2-3-5-13(12)6-7-15(19)17-10-16(20)18-14-8-9-23(21,22)11-14/h2-5,14H,6-11H2,1H3,(H,17,19)(H,18,20). The normalized spacial score (nSPS) is 19.3. The lowest BCUT2D eigenvalue weighted by Gasteiger charge is -2.11. The van der Waals surface area contributed by atoms with Gasteiger partial charge in [-0.3, -0.25) is 9.59 Å². The highest BCUT2D eigenvalue weighted by Crippen LogP contribution is 2.11. The van der Waals surface area contributed by atoms with Gasteiger partial charge in [0.15, 0.2) is 9.84 Å². The topological polar surface area (TPSA) is 92.3 Å². The number of carbonyl (C=O) groups is 2. The van der Waals surface area contributed by atoms with Crippen molar-refractivity contribution in [1.29, 1.82) is 0 Å². The van der Waals surface area contributed by atoms with Crippen molar-refractivity contribution >= 4 is 21.7 Å². The van der Waals surface area contributed by atoms with Crippen LogP contribution in [0.2, 0.25) is 0 Å². The predicted octanol–water partition coefficient (Wildman–Crippen LogP) is 0.347. The molecule has 0 spiro atoms. The van der Waals surface area contributed by atoms with Crippen LogP contribution in [0.25, 0.3) is 0 Å². The molecule has 0 aromatic heterocycles. The van der Waals surface area contributed by atoms with Crippen LogP contribution in [0.4, 0.5) is 0 Å². The zero-order valence-corrected chi connectivity index (χ0v) is 14.0. The molecule has 2 amide bonds. The summed E-state index contributed by atoms with van der Waals surface area (Å²) in [6, 6.07) is 7.53. The molecule has 1 saturated heterocycles. The molecule has 1 aliphatic rings.